The Labute approximate surface area is 194 Å². The van der Waals surface area contributed by atoms with Gasteiger partial charge in [0.1, 0.15) is 18.4 Å². The van der Waals surface area contributed by atoms with Crippen LogP contribution in [0.3, 0.4) is 0 Å². The van der Waals surface area contributed by atoms with Crippen molar-refractivity contribution in [1.82, 2.24) is 0 Å². The van der Waals surface area contributed by atoms with E-state index >= 15 is 0 Å². The number of fused-ring (bicyclic) bond motifs is 1. The molecule has 0 aromatic heterocycles. The van der Waals surface area contributed by atoms with Gasteiger partial charge in [-0.25, -0.2) is 13.2 Å². The highest BCUT2D eigenvalue weighted by molar-refractivity contribution is 7.92. The van der Waals surface area contributed by atoms with Crippen molar-refractivity contribution in [2.75, 3.05) is 17.5 Å². The van der Waals surface area contributed by atoms with Crippen LogP contribution in [0, 0.1) is 6.92 Å². The van der Waals surface area contributed by atoms with Gasteiger partial charge < -0.3 is 9.47 Å². The van der Waals surface area contributed by atoms with Gasteiger partial charge in [0, 0.05) is 5.56 Å². The summed E-state index contributed by atoms with van der Waals surface area (Å²) in [5, 5.41) is 0. The molecule has 3 aromatic carbocycles. The SMILES string of the molecule is CCOC(=O)/C=C1\OC[C@H](c2ccccc2)N(S(=O)(=O)c2ccc(C)cc2)c2ccccc21. The van der Waals surface area contributed by atoms with E-state index in [1.165, 1.54) is 10.4 Å². The van der Waals surface area contributed by atoms with E-state index in [-0.39, 0.29) is 23.9 Å². The van der Waals surface area contributed by atoms with E-state index in [9.17, 15) is 13.2 Å². The Morgan fingerprint density at radius 2 is 1.70 bits per heavy atom. The van der Waals surface area contributed by atoms with Gasteiger partial charge in [-0.3, -0.25) is 4.31 Å². The number of ether oxygens (including phenoxy) is 2. The van der Waals surface area contributed by atoms with E-state index in [0.29, 0.717) is 11.3 Å². The fraction of sp³-hybridized carbons (Fsp3) is 0.192. The maximum absolute atomic E-state index is 14.0. The number of anilines is 1. The molecule has 170 valence electrons. The molecule has 0 unspecified atom stereocenters. The zero-order valence-corrected chi connectivity index (χ0v) is 19.3. The topological polar surface area (TPSA) is 72.9 Å². The van der Waals surface area contributed by atoms with Crippen LogP contribution >= 0.6 is 0 Å². The maximum atomic E-state index is 14.0. The summed E-state index contributed by atoms with van der Waals surface area (Å²) in [6.45, 7) is 3.88. The quantitative estimate of drug-likeness (QED) is 0.399. The minimum atomic E-state index is -3.97. The van der Waals surface area contributed by atoms with Gasteiger partial charge in [0.15, 0.2) is 0 Å². The first-order chi connectivity index (χ1) is 15.9. The Morgan fingerprint density at radius 1 is 1.03 bits per heavy atom. The van der Waals surface area contributed by atoms with Crippen molar-refractivity contribution < 1.29 is 22.7 Å². The van der Waals surface area contributed by atoms with Gasteiger partial charge in [0.05, 0.1) is 23.3 Å². The normalized spacial score (nSPS) is 17.1. The lowest BCUT2D eigenvalue weighted by molar-refractivity contribution is -0.137. The molecule has 33 heavy (non-hydrogen) atoms. The van der Waals surface area contributed by atoms with E-state index in [1.54, 1.807) is 55.5 Å². The molecule has 0 spiro atoms. The minimum Gasteiger partial charge on any atom is -0.490 e. The van der Waals surface area contributed by atoms with Crippen molar-refractivity contribution in [2.24, 2.45) is 0 Å². The van der Waals surface area contributed by atoms with Gasteiger partial charge in [0.2, 0.25) is 0 Å². The van der Waals surface area contributed by atoms with Crippen LogP contribution in [-0.2, 0) is 24.3 Å². The number of carbonyl (C=O) groups excluding carboxylic acids is 1. The smallest absolute Gasteiger partial charge is 0.334 e. The third kappa shape index (κ3) is 4.64. The highest BCUT2D eigenvalue weighted by Crippen LogP contribution is 2.41. The van der Waals surface area contributed by atoms with Crippen LogP contribution in [0.5, 0.6) is 0 Å². The average molecular weight is 464 g/mol. The monoisotopic (exact) mass is 463 g/mol. The standard InChI is InChI=1S/C26H25NO5S/c1-3-31-26(28)17-25-22-11-7-8-12-23(22)27(24(18-32-25)20-9-5-4-6-10-20)33(29,30)21-15-13-19(2)14-16-21/h4-17,24H,3,18H2,1-2H3/b25-17-/t24-/m1/s1. The number of hydrogen-bond acceptors (Lipinski definition) is 5. The van der Waals surface area contributed by atoms with E-state index in [1.807, 2.05) is 37.3 Å². The summed E-state index contributed by atoms with van der Waals surface area (Å²) in [6.07, 6.45) is 1.27. The fourth-order valence-corrected chi connectivity index (χ4v) is 5.44. The first kappa shape index (κ1) is 22.6. The molecule has 0 saturated carbocycles. The van der Waals surface area contributed by atoms with Gasteiger partial charge in [-0.05, 0) is 43.7 Å². The van der Waals surface area contributed by atoms with Crippen molar-refractivity contribution in [3.05, 3.63) is 102 Å². The van der Waals surface area contributed by atoms with Gasteiger partial charge in [0.25, 0.3) is 10.0 Å². The molecule has 6 nitrogen and oxygen atoms in total. The minimum absolute atomic E-state index is 0.0228. The molecule has 1 heterocycles. The van der Waals surface area contributed by atoms with E-state index in [4.69, 9.17) is 9.47 Å². The molecule has 7 heteroatoms. The number of hydrogen-bond donors (Lipinski definition) is 0. The summed E-state index contributed by atoms with van der Waals surface area (Å²) in [6, 6.07) is 22.5. The third-order valence-corrected chi connectivity index (χ3v) is 7.22. The Kier molecular flexibility index (Phi) is 6.51. The second-order valence-electron chi connectivity index (χ2n) is 7.63. The largest absolute Gasteiger partial charge is 0.490 e. The summed E-state index contributed by atoms with van der Waals surface area (Å²) in [5.41, 5.74) is 2.67. The molecule has 0 bridgehead atoms. The molecule has 0 radical (unpaired) electrons. The van der Waals surface area contributed by atoms with Gasteiger partial charge >= 0.3 is 5.97 Å². The zero-order valence-electron chi connectivity index (χ0n) is 18.5. The number of carbonyl (C=O) groups is 1. The Morgan fingerprint density at radius 3 is 2.39 bits per heavy atom. The van der Waals surface area contributed by atoms with Crippen LogP contribution in [0.25, 0.3) is 5.76 Å². The lowest BCUT2D eigenvalue weighted by atomic mass is 10.1. The maximum Gasteiger partial charge on any atom is 0.334 e. The van der Waals surface area contributed by atoms with Crippen LogP contribution in [-0.4, -0.2) is 27.6 Å². The number of nitrogens with zero attached hydrogens (tertiary/aromatic N) is 1. The van der Waals surface area contributed by atoms with Crippen molar-refractivity contribution in [2.45, 2.75) is 24.8 Å². The number of esters is 1. The van der Waals surface area contributed by atoms with Crippen molar-refractivity contribution >= 4 is 27.4 Å². The predicted molar refractivity (Wildman–Crippen MR) is 127 cm³/mol. The highest BCUT2D eigenvalue weighted by atomic mass is 32.2. The van der Waals surface area contributed by atoms with Gasteiger partial charge in [-0.1, -0.05) is 60.2 Å². The van der Waals surface area contributed by atoms with E-state index in [2.05, 4.69) is 0 Å². The van der Waals surface area contributed by atoms with Crippen LogP contribution in [0.1, 0.15) is 29.7 Å². The molecule has 0 saturated heterocycles. The number of benzene rings is 3. The van der Waals surface area contributed by atoms with Crippen LogP contribution in [0.15, 0.2) is 89.8 Å². The number of rotatable bonds is 5. The molecular formula is C26H25NO5S. The molecule has 0 N–H and O–H groups in total. The molecule has 0 aliphatic carbocycles. The van der Waals surface area contributed by atoms with Crippen LogP contribution in [0.2, 0.25) is 0 Å². The second-order valence-corrected chi connectivity index (χ2v) is 9.44. The average Bonchev–Trinajstić information content (AvgIpc) is 2.98. The number of sulfonamides is 1. The van der Waals surface area contributed by atoms with Gasteiger partial charge in [-0.2, -0.15) is 0 Å². The summed E-state index contributed by atoms with van der Waals surface area (Å²) in [4.78, 5) is 12.4. The molecular weight excluding hydrogens is 438 g/mol. The number of para-hydroxylation sites is 1. The van der Waals surface area contributed by atoms with Crippen LogP contribution in [0.4, 0.5) is 5.69 Å². The van der Waals surface area contributed by atoms with Crippen molar-refractivity contribution in [3.63, 3.8) is 0 Å². The Balaban J connectivity index is 1.93. The second kappa shape index (κ2) is 9.50. The van der Waals surface area contributed by atoms with Crippen LogP contribution < -0.4 is 4.31 Å². The molecule has 3 aromatic rings. The third-order valence-electron chi connectivity index (χ3n) is 5.38. The first-order valence-corrected chi connectivity index (χ1v) is 12.1. The fourth-order valence-electron chi connectivity index (χ4n) is 3.79. The lowest BCUT2D eigenvalue weighted by Crippen LogP contribution is -2.36. The highest BCUT2D eigenvalue weighted by Gasteiger charge is 2.37. The summed E-state index contributed by atoms with van der Waals surface area (Å²) in [7, 11) is -3.97. The Bertz CT molecular complexity index is 1270. The van der Waals surface area contributed by atoms with Gasteiger partial charge in [-0.15, -0.1) is 0 Å². The van der Waals surface area contributed by atoms with Crippen molar-refractivity contribution in [3.8, 4) is 0 Å². The van der Waals surface area contributed by atoms with E-state index < -0.39 is 22.0 Å². The molecule has 1 aliphatic heterocycles. The van der Waals surface area contributed by atoms with Crippen molar-refractivity contribution in [1.29, 1.82) is 0 Å². The first-order valence-electron chi connectivity index (χ1n) is 10.7. The molecule has 1 atom stereocenters. The zero-order chi connectivity index (χ0) is 23.4. The van der Waals surface area contributed by atoms with E-state index in [0.717, 1.165) is 11.1 Å². The summed E-state index contributed by atoms with van der Waals surface area (Å²) in [5.74, 6) is -0.278. The lowest BCUT2D eigenvalue weighted by Gasteiger charge is -2.31. The predicted octanol–water partition coefficient (Wildman–Crippen LogP) is 4.87. The molecule has 0 amide bonds. The summed E-state index contributed by atoms with van der Waals surface area (Å²) < 4.78 is 40.5. The Hall–Kier alpha value is -3.58. The molecule has 1 aliphatic rings. The summed E-state index contributed by atoms with van der Waals surface area (Å²) >= 11 is 0. The number of aryl methyl sites for hydroxylation is 1. The molecule has 0 fully saturated rings. The molecule has 4 rings (SSSR count).